The number of nitrogens with zero attached hydrogens (tertiary/aromatic N) is 2. The zero-order chi connectivity index (χ0) is 9.97. The zero-order valence-corrected chi connectivity index (χ0v) is 7.64. The Labute approximate surface area is 81.3 Å². The molecule has 1 unspecified atom stereocenters. The molecule has 1 aromatic rings. The standard InChI is InChI=1S/C9H11N3O2/c10-9-2-1-7(11-12-9)6-5-14-4-3-8(6)13/h1-2,6H,3-5H2,(H2,10,12). The number of carbonyl (C=O) groups excluding carboxylic acids is 1. The van der Waals surface area contributed by atoms with E-state index in [1.54, 1.807) is 12.1 Å². The molecule has 1 atom stereocenters. The predicted molar refractivity (Wildman–Crippen MR) is 49.6 cm³/mol. The molecule has 0 amide bonds. The Hall–Kier alpha value is -1.49. The first kappa shape index (κ1) is 9.08. The van der Waals surface area contributed by atoms with Crippen molar-refractivity contribution < 1.29 is 9.53 Å². The van der Waals surface area contributed by atoms with Gasteiger partial charge in [0.25, 0.3) is 0 Å². The van der Waals surface area contributed by atoms with Gasteiger partial charge in [0.05, 0.1) is 24.8 Å². The monoisotopic (exact) mass is 193 g/mol. The van der Waals surface area contributed by atoms with Gasteiger partial charge in [0.2, 0.25) is 0 Å². The van der Waals surface area contributed by atoms with Gasteiger partial charge in [0.1, 0.15) is 11.6 Å². The minimum Gasteiger partial charge on any atom is -0.382 e. The number of hydrogen-bond donors (Lipinski definition) is 1. The number of Topliss-reactive ketones (excluding diaryl/α,β-unsaturated/α-hetero) is 1. The van der Waals surface area contributed by atoms with Crippen LogP contribution in [-0.2, 0) is 9.53 Å². The summed E-state index contributed by atoms with van der Waals surface area (Å²) in [6, 6.07) is 3.36. The number of nitrogens with two attached hydrogens (primary N) is 1. The van der Waals surface area contributed by atoms with Gasteiger partial charge in [-0.05, 0) is 12.1 Å². The second kappa shape index (κ2) is 3.71. The van der Waals surface area contributed by atoms with Crippen LogP contribution in [0, 0.1) is 0 Å². The molecule has 2 N–H and O–H groups in total. The molecule has 1 fully saturated rings. The summed E-state index contributed by atoms with van der Waals surface area (Å²) in [5.74, 6) is 0.255. The fourth-order valence-electron chi connectivity index (χ4n) is 1.43. The average Bonchev–Trinajstić information content (AvgIpc) is 2.20. The van der Waals surface area contributed by atoms with Gasteiger partial charge in [-0.15, -0.1) is 5.10 Å². The topological polar surface area (TPSA) is 78.1 Å². The number of hydrogen-bond acceptors (Lipinski definition) is 5. The van der Waals surface area contributed by atoms with Gasteiger partial charge < -0.3 is 10.5 Å². The SMILES string of the molecule is Nc1ccc(C2COCCC2=O)nn1. The van der Waals surface area contributed by atoms with E-state index in [0.29, 0.717) is 31.1 Å². The van der Waals surface area contributed by atoms with E-state index in [0.717, 1.165) is 0 Å². The van der Waals surface area contributed by atoms with E-state index in [9.17, 15) is 4.79 Å². The molecule has 0 spiro atoms. The Bertz CT molecular complexity index is 336. The van der Waals surface area contributed by atoms with Crippen LogP contribution in [0.15, 0.2) is 12.1 Å². The fourth-order valence-corrected chi connectivity index (χ4v) is 1.43. The Morgan fingerprint density at radius 3 is 2.93 bits per heavy atom. The van der Waals surface area contributed by atoms with Crippen LogP contribution >= 0.6 is 0 Å². The lowest BCUT2D eigenvalue weighted by Gasteiger charge is -2.19. The normalized spacial score (nSPS) is 22.3. The van der Waals surface area contributed by atoms with Crippen molar-refractivity contribution in [1.82, 2.24) is 10.2 Å². The third kappa shape index (κ3) is 1.72. The molecule has 74 valence electrons. The number of ether oxygens (including phenoxy) is 1. The van der Waals surface area contributed by atoms with Crippen molar-refractivity contribution in [2.75, 3.05) is 18.9 Å². The van der Waals surface area contributed by atoms with E-state index in [2.05, 4.69) is 10.2 Å². The quantitative estimate of drug-likeness (QED) is 0.686. The number of carbonyl (C=O) groups is 1. The second-order valence-corrected chi connectivity index (χ2v) is 3.23. The van der Waals surface area contributed by atoms with Crippen molar-refractivity contribution in [3.05, 3.63) is 17.8 Å². The average molecular weight is 193 g/mol. The Morgan fingerprint density at radius 2 is 2.29 bits per heavy atom. The second-order valence-electron chi connectivity index (χ2n) is 3.23. The third-order valence-electron chi connectivity index (χ3n) is 2.23. The Morgan fingerprint density at radius 1 is 1.43 bits per heavy atom. The van der Waals surface area contributed by atoms with Crippen LogP contribution < -0.4 is 5.73 Å². The molecule has 0 bridgehead atoms. The van der Waals surface area contributed by atoms with E-state index >= 15 is 0 Å². The van der Waals surface area contributed by atoms with Gasteiger partial charge in [0.15, 0.2) is 0 Å². The molecule has 2 heterocycles. The van der Waals surface area contributed by atoms with Crippen molar-refractivity contribution >= 4 is 11.6 Å². The van der Waals surface area contributed by atoms with E-state index in [1.165, 1.54) is 0 Å². The molecule has 1 saturated heterocycles. The van der Waals surface area contributed by atoms with E-state index < -0.39 is 0 Å². The predicted octanol–water partition coefficient (Wildman–Crippen LogP) is 0.132. The van der Waals surface area contributed by atoms with E-state index in [4.69, 9.17) is 10.5 Å². The molecule has 2 rings (SSSR count). The van der Waals surface area contributed by atoms with Crippen molar-refractivity contribution in [1.29, 1.82) is 0 Å². The third-order valence-corrected chi connectivity index (χ3v) is 2.23. The highest BCUT2D eigenvalue weighted by Gasteiger charge is 2.25. The van der Waals surface area contributed by atoms with Gasteiger partial charge in [-0.3, -0.25) is 4.79 Å². The summed E-state index contributed by atoms with van der Waals surface area (Å²) in [7, 11) is 0. The molecular weight excluding hydrogens is 182 g/mol. The molecule has 0 aliphatic carbocycles. The largest absolute Gasteiger partial charge is 0.382 e. The van der Waals surface area contributed by atoms with E-state index in [1.807, 2.05) is 0 Å². The maximum absolute atomic E-state index is 11.5. The van der Waals surface area contributed by atoms with Crippen LogP contribution in [0.4, 0.5) is 5.82 Å². The number of aromatic nitrogens is 2. The van der Waals surface area contributed by atoms with Crippen molar-refractivity contribution in [2.24, 2.45) is 0 Å². The first-order chi connectivity index (χ1) is 6.77. The van der Waals surface area contributed by atoms with Crippen LogP contribution in [0.1, 0.15) is 18.0 Å². The highest BCUT2D eigenvalue weighted by Crippen LogP contribution is 2.20. The van der Waals surface area contributed by atoms with Gasteiger partial charge >= 0.3 is 0 Å². The van der Waals surface area contributed by atoms with Gasteiger partial charge in [0, 0.05) is 6.42 Å². The minimum atomic E-state index is -0.267. The molecule has 5 nitrogen and oxygen atoms in total. The maximum atomic E-state index is 11.5. The molecule has 0 radical (unpaired) electrons. The van der Waals surface area contributed by atoms with E-state index in [-0.39, 0.29) is 11.7 Å². The highest BCUT2D eigenvalue weighted by molar-refractivity contribution is 5.86. The van der Waals surface area contributed by atoms with Gasteiger partial charge in [-0.2, -0.15) is 5.10 Å². The van der Waals surface area contributed by atoms with Crippen LogP contribution in [-0.4, -0.2) is 29.2 Å². The van der Waals surface area contributed by atoms with Crippen LogP contribution in [0.25, 0.3) is 0 Å². The lowest BCUT2D eigenvalue weighted by molar-refractivity contribution is -0.126. The molecule has 14 heavy (non-hydrogen) atoms. The molecular formula is C9H11N3O2. The summed E-state index contributed by atoms with van der Waals surface area (Å²) in [5, 5.41) is 7.59. The van der Waals surface area contributed by atoms with Crippen LogP contribution in [0.3, 0.4) is 0 Å². The highest BCUT2D eigenvalue weighted by atomic mass is 16.5. The molecule has 1 aromatic heterocycles. The lowest BCUT2D eigenvalue weighted by atomic mass is 9.97. The van der Waals surface area contributed by atoms with Crippen LogP contribution in [0.2, 0.25) is 0 Å². The molecule has 1 aliphatic heterocycles. The van der Waals surface area contributed by atoms with Crippen molar-refractivity contribution in [3.63, 3.8) is 0 Å². The molecule has 1 aliphatic rings. The summed E-state index contributed by atoms with van der Waals surface area (Å²) in [6.45, 7) is 0.912. The van der Waals surface area contributed by atoms with Crippen LogP contribution in [0.5, 0.6) is 0 Å². The van der Waals surface area contributed by atoms with Gasteiger partial charge in [-0.1, -0.05) is 0 Å². The van der Waals surface area contributed by atoms with Crippen molar-refractivity contribution in [2.45, 2.75) is 12.3 Å². The first-order valence-corrected chi connectivity index (χ1v) is 4.47. The summed E-state index contributed by atoms with van der Waals surface area (Å²) < 4.78 is 5.22. The summed E-state index contributed by atoms with van der Waals surface area (Å²) >= 11 is 0. The molecule has 0 aromatic carbocycles. The number of rotatable bonds is 1. The Balaban J connectivity index is 2.20. The molecule has 0 saturated carbocycles. The number of anilines is 1. The zero-order valence-electron chi connectivity index (χ0n) is 7.64. The fraction of sp³-hybridized carbons (Fsp3) is 0.444. The number of nitrogen functional groups attached to an aromatic ring is 1. The van der Waals surface area contributed by atoms with Crippen molar-refractivity contribution in [3.8, 4) is 0 Å². The maximum Gasteiger partial charge on any atom is 0.146 e. The summed E-state index contributed by atoms with van der Waals surface area (Å²) in [6.07, 6.45) is 0.455. The minimum absolute atomic E-state index is 0.162. The smallest absolute Gasteiger partial charge is 0.146 e. The Kier molecular flexibility index (Phi) is 2.41. The first-order valence-electron chi connectivity index (χ1n) is 4.47. The number of ketones is 1. The summed E-state index contributed by atoms with van der Waals surface area (Å²) in [5.41, 5.74) is 6.04. The lowest BCUT2D eigenvalue weighted by Crippen LogP contribution is -2.26. The summed E-state index contributed by atoms with van der Waals surface area (Å²) in [4.78, 5) is 11.5. The van der Waals surface area contributed by atoms with Gasteiger partial charge in [-0.25, -0.2) is 0 Å². The molecule has 5 heteroatoms.